The van der Waals surface area contributed by atoms with Crippen molar-refractivity contribution < 1.29 is 13.2 Å². The average molecular weight is 241 g/mol. The van der Waals surface area contributed by atoms with Gasteiger partial charge in [-0.15, -0.1) is 11.8 Å². The lowest BCUT2D eigenvalue weighted by Gasteiger charge is -2.07. The van der Waals surface area contributed by atoms with E-state index in [0.29, 0.717) is 6.54 Å². The van der Waals surface area contributed by atoms with Gasteiger partial charge < -0.3 is 5.32 Å². The van der Waals surface area contributed by atoms with Gasteiger partial charge in [-0.05, 0) is 24.6 Å². The maximum absolute atomic E-state index is 12.3. The third-order valence-electron chi connectivity index (χ3n) is 2.21. The van der Waals surface area contributed by atoms with Gasteiger partial charge >= 0.3 is 6.18 Å². The van der Waals surface area contributed by atoms with Crippen LogP contribution in [0.2, 0.25) is 0 Å². The van der Waals surface area contributed by atoms with E-state index in [2.05, 4.69) is 17.2 Å². The van der Waals surface area contributed by atoms with Crippen molar-refractivity contribution in [1.82, 2.24) is 5.32 Å². The molecule has 17 heavy (non-hydrogen) atoms. The number of halogens is 3. The SMILES string of the molecule is CC#CCCNCc1ccc(C(F)(F)F)cc1. The molecule has 1 rings (SSSR count). The zero-order valence-electron chi connectivity index (χ0n) is 9.56. The normalized spacial score (nSPS) is 10.8. The fourth-order valence-corrected chi connectivity index (χ4v) is 1.32. The lowest BCUT2D eigenvalue weighted by atomic mass is 10.1. The van der Waals surface area contributed by atoms with E-state index in [1.165, 1.54) is 12.1 Å². The minimum atomic E-state index is -4.26. The van der Waals surface area contributed by atoms with Crippen LogP contribution in [-0.2, 0) is 12.7 Å². The van der Waals surface area contributed by atoms with Crippen molar-refractivity contribution in [2.45, 2.75) is 26.1 Å². The van der Waals surface area contributed by atoms with Crippen LogP contribution in [0.4, 0.5) is 13.2 Å². The predicted molar refractivity (Wildman–Crippen MR) is 61.2 cm³/mol. The average Bonchev–Trinajstić information content (AvgIpc) is 2.28. The van der Waals surface area contributed by atoms with Gasteiger partial charge in [0.15, 0.2) is 0 Å². The van der Waals surface area contributed by atoms with Gasteiger partial charge in [-0.25, -0.2) is 0 Å². The van der Waals surface area contributed by atoms with Crippen molar-refractivity contribution >= 4 is 0 Å². The lowest BCUT2D eigenvalue weighted by Crippen LogP contribution is -2.14. The molecule has 1 aromatic rings. The van der Waals surface area contributed by atoms with E-state index in [0.717, 1.165) is 30.7 Å². The van der Waals surface area contributed by atoms with Crippen LogP contribution in [0.15, 0.2) is 24.3 Å². The van der Waals surface area contributed by atoms with E-state index < -0.39 is 11.7 Å². The fraction of sp³-hybridized carbons (Fsp3) is 0.385. The molecule has 0 aliphatic heterocycles. The molecule has 0 heterocycles. The van der Waals surface area contributed by atoms with E-state index in [4.69, 9.17) is 0 Å². The third kappa shape index (κ3) is 4.92. The number of hydrogen-bond acceptors (Lipinski definition) is 1. The van der Waals surface area contributed by atoms with Crippen molar-refractivity contribution in [3.63, 3.8) is 0 Å². The van der Waals surface area contributed by atoms with Crippen LogP contribution < -0.4 is 5.32 Å². The van der Waals surface area contributed by atoms with Crippen LogP contribution in [0, 0.1) is 11.8 Å². The van der Waals surface area contributed by atoms with Crippen LogP contribution in [0.25, 0.3) is 0 Å². The molecule has 92 valence electrons. The zero-order valence-corrected chi connectivity index (χ0v) is 9.56. The smallest absolute Gasteiger partial charge is 0.312 e. The Kier molecular flexibility index (Phi) is 5.05. The maximum Gasteiger partial charge on any atom is 0.416 e. The highest BCUT2D eigenvalue weighted by Crippen LogP contribution is 2.28. The Balaban J connectivity index is 2.42. The maximum atomic E-state index is 12.3. The molecule has 4 heteroatoms. The molecule has 1 N–H and O–H groups in total. The van der Waals surface area contributed by atoms with Crippen LogP contribution >= 0.6 is 0 Å². The molecule has 0 aliphatic carbocycles. The molecule has 1 aromatic carbocycles. The molecule has 0 aromatic heterocycles. The minimum Gasteiger partial charge on any atom is -0.312 e. The van der Waals surface area contributed by atoms with E-state index in [1.54, 1.807) is 6.92 Å². The van der Waals surface area contributed by atoms with Gasteiger partial charge in [0.2, 0.25) is 0 Å². The van der Waals surface area contributed by atoms with E-state index in [9.17, 15) is 13.2 Å². The van der Waals surface area contributed by atoms with Crippen molar-refractivity contribution in [3.8, 4) is 11.8 Å². The molecule has 0 amide bonds. The summed E-state index contributed by atoms with van der Waals surface area (Å²) in [7, 11) is 0. The molecule has 0 unspecified atom stereocenters. The second kappa shape index (κ2) is 6.31. The fourth-order valence-electron chi connectivity index (χ4n) is 1.32. The molecule has 0 bridgehead atoms. The standard InChI is InChI=1S/C13H14F3N/c1-2-3-4-9-17-10-11-5-7-12(8-6-11)13(14,15)16/h5-8,17H,4,9-10H2,1H3. The molecule has 0 atom stereocenters. The topological polar surface area (TPSA) is 12.0 Å². The quantitative estimate of drug-likeness (QED) is 0.630. The summed E-state index contributed by atoms with van der Waals surface area (Å²) in [6.07, 6.45) is -3.51. The Bertz CT molecular complexity index is 395. The predicted octanol–water partition coefficient (Wildman–Crippen LogP) is 3.21. The number of alkyl halides is 3. The van der Waals surface area contributed by atoms with Gasteiger partial charge in [-0.2, -0.15) is 13.2 Å². The Morgan fingerprint density at radius 2 is 1.82 bits per heavy atom. The first-order valence-electron chi connectivity index (χ1n) is 5.30. The molecular weight excluding hydrogens is 227 g/mol. The van der Waals surface area contributed by atoms with E-state index >= 15 is 0 Å². The molecule has 0 fully saturated rings. The molecule has 0 spiro atoms. The third-order valence-corrected chi connectivity index (χ3v) is 2.21. The van der Waals surface area contributed by atoms with Crippen molar-refractivity contribution in [1.29, 1.82) is 0 Å². The molecule has 0 saturated carbocycles. The largest absolute Gasteiger partial charge is 0.416 e. The van der Waals surface area contributed by atoms with E-state index in [1.807, 2.05) is 0 Å². The summed E-state index contributed by atoms with van der Waals surface area (Å²) in [5.74, 6) is 5.68. The number of rotatable bonds is 4. The van der Waals surface area contributed by atoms with Gasteiger partial charge in [0.05, 0.1) is 5.56 Å². The van der Waals surface area contributed by atoms with Gasteiger partial charge in [0, 0.05) is 19.5 Å². The summed E-state index contributed by atoms with van der Waals surface area (Å²) in [4.78, 5) is 0. The summed E-state index contributed by atoms with van der Waals surface area (Å²) in [5.41, 5.74) is 0.223. The Hall–Kier alpha value is -1.47. The number of nitrogens with one attached hydrogen (secondary N) is 1. The van der Waals surface area contributed by atoms with Gasteiger partial charge in [0.1, 0.15) is 0 Å². The molecule has 0 aliphatic rings. The van der Waals surface area contributed by atoms with Crippen molar-refractivity contribution in [2.24, 2.45) is 0 Å². The first-order valence-corrected chi connectivity index (χ1v) is 5.30. The summed E-state index contributed by atoms with van der Waals surface area (Å²) in [6.45, 7) is 3.07. The first kappa shape index (κ1) is 13.6. The van der Waals surface area contributed by atoms with Crippen LogP contribution in [-0.4, -0.2) is 6.54 Å². The lowest BCUT2D eigenvalue weighted by molar-refractivity contribution is -0.137. The Morgan fingerprint density at radius 1 is 1.18 bits per heavy atom. The highest BCUT2D eigenvalue weighted by Gasteiger charge is 2.29. The minimum absolute atomic E-state index is 0.559. The molecule has 1 nitrogen and oxygen atoms in total. The summed E-state index contributed by atoms with van der Waals surface area (Å²) >= 11 is 0. The first-order chi connectivity index (χ1) is 8.04. The number of benzene rings is 1. The Morgan fingerprint density at radius 3 is 2.35 bits per heavy atom. The van der Waals surface area contributed by atoms with Gasteiger partial charge in [-0.3, -0.25) is 0 Å². The second-order valence-corrected chi connectivity index (χ2v) is 3.55. The number of hydrogen-bond donors (Lipinski definition) is 1. The highest BCUT2D eigenvalue weighted by molar-refractivity contribution is 5.24. The van der Waals surface area contributed by atoms with Gasteiger partial charge in [-0.1, -0.05) is 12.1 Å². The van der Waals surface area contributed by atoms with Crippen LogP contribution in [0.3, 0.4) is 0 Å². The van der Waals surface area contributed by atoms with Crippen molar-refractivity contribution in [3.05, 3.63) is 35.4 Å². The van der Waals surface area contributed by atoms with Crippen LogP contribution in [0.5, 0.6) is 0 Å². The molecule has 0 radical (unpaired) electrons. The van der Waals surface area contributed by atoms with Gasteiger partial charge in [0.25, 0.3) is 0 Å². The summed E-state index contributed by atoms with van der Waals surface area (Å²) < 4.78 is 36.8. The van der Waals surface area contributed by atoms with Crippen LogP contribution in [0.1, 0.15) is 24.5 Å². The zero-order chi connectivity index (χ0) is 12.7. The second-order valence-electron chi connectivity index (χ2n) is 3.55. The van der Waals surface area contributed by atoms with Crippen molar-refractivity contribution in [2.75, 3.05) is 6.54 Å². The summed E-state index contributed by atoms with van der Waals surface area (Å²) in [5, 5.41) is 3.11. The highest BCUT2D eigenvalue weighted by atomic mass is 19.4. The van der Waals surface area contributed by atoms with E-state index in [-0.39, 0.29) is 0 Å². The Labute approximate surface area is 99.0 Å². The monoisotopic (exact) mass is 241 g/mol. The molecule has 0 saturated heterocycles. The molecular formula is C13H14F3N. The summed E-state index contributed by atoms with van der Waals surface area (Å²) in [6, 6.07) is 5.17.